The van der Waals surface area contributed by atoms with Crippen LogP contribution >= 0.6 is 39.1 Å². The lowest BCUT2D eigenvalue weighted by Gasteiger charge is -2.01. The van der Waals surface area contributed by atoms with Crippen LogP contribution in [-0.2, 0) is 0 Å². The summed E-state index contributed by atoms with van der Waals surface area (Å²) in [6, 6.07) is 10.2. The van der Waals surface area contributed by atoms with Gasteiger partial charge in [0.2, 0.25) is 0 Å². The molecule has 0 aliphatic rings. The number of benzene rings is 1. The van der Waals surface area contributed by atoms with Crippen LogP contribution in [0.3, 0.4) is 0 Å². The van der Waals surface area contributed by atoms with E-state index in [-0.39, 0.29) is 5.91 Å². The van der Waals surface area contributed by atoms with E-state index in [2.05, 4.69) is 31.4 Å². The van der Waals surface area contributed by atoms with Gasteiger partial charge >= 0.3 is 0 Å². The molecular weight excluding hydrogens is 429 g/mol. The molecule has 0 bridgehead atoms. The summed E-state index contributed by atoms with van der Waals surface area (Å²) >= 11 is 15.4. The van der Waals surface area contributed by atoms with Crippen molar-refractivity contribution in [2.24, 2.45) is 5.10 Å². The molecule has 126 valence electrons. The summed E-state index contributed by atoms with van der Waals surface area (Å²) in [6.45, 7) is 0. The lowest BCUT2D eigenvalue weighted by atomic mass is 10.2. The van der Waals surface area contributed by atoms with Crippen molar-refractivity contribution in [3.63, 3.8) is 0 Å². The zero-order chi connectivity index (χ0) is 17.8. The van der Waals surface area contributed by atoms with Crippen LogP contribution in [0.25, 0.3) is 11.3 Å². The van der Waals surface area contributed by atoms with Crippen molar-refractivity contribution in [3.05, 3.63) is 74.6 Å². The zero-order valence-electron chi connectivity index (χ0n) is 12.5. The van der Waals surface area contributed by atoms with Gasteiger partial charge in [0.1, 0.15) is 11.5 Å². The molecule has 0 fully saturated rings. The highest BCUT2D eigenvalue weighted by molar-refractivity contribution is 9.10. The average Bonchev–Trinajstić information content (AvgIpc) is 3.05. The minimum absolute atomic E-state index is 0.380. The number of carbonyl (C=O) groups is 1. The van der Waals surface area contributed by atoms with Gasteiger partial charge < -0.3 is 4.42 Å². The molecule has 5 nitrogen and oxygen atoms in total. The molecule has 0 unspecified atom stereocenters. The summed E-state index contributed by atoms with van der Waals surface area (Å²) in [5, 5.41) is 4.96. The quantitative estimate of drug-likeness (QED) is 0.451. The Morgan fingerprint density at radius 1 is 1.20 bits per heavy atom. The van der Waals surface area contributed by atoms with Gasteiger partial charge in [-0.05, 0) is 52.3 Å². The molecule has 1 aromatic carbocycles. The Balaban J connectivity index is 1.70. The first kappa shape index (κ1) is 17.7. The fraction of sp³-hybridized carbons (Fsp3) is 0. The molecule has 0 saturated carbocycles. The first-order valence-electron chi connectivity index (χ1n) is 7.02. The second kappa shape index (κ2) is 7.82. The highest BCUT2D eigenvalue weighted by Crippen LogP contribution is 2.31. The second-order valence-corrected chi connectivity index (χ2v) is 6.68. The van der Waals surface area contributed by atoms with Crippen LogP contribution in [0.4, 0.5) is 0 Å². The van der Waals surface area contributed by atoms with Gasteiger partial charge in [-0.3, -0.25) is 9.78 Å². The summed E-state index contributed by atoms with van der Waals surface area (Å²) in [6.07, 6.45) is 4.43. The molecule has 3 aromatic rings. The summed E-state index contributed by atoms with van der Waals surface area (Å²) < 4.78 is 6.36. The first-order chi connectivity index (χ1) is 12.0. The maximum absolute atomic E-state index is 11.9. The molecule has 0 spiro atoms. The second-order valence-electron chi connectivity index (χ2n) is 4.92. The molecule has 2 aromatic heterocycles. The Morgan fingerprint density at radius 2 is 2.04 bits per heavy atom. The summed E-state index contributed by atoms with van der Waals surface area (Å²) in [4.78, 5) is 15.9. The van der Waals surface area contributed by atoms with Crippen molar-refractivity contribution in [3.8, 4) is 11.3 Å². The van der Waals surface area contributed by atoms with Gasteiger partial charge in [0.05, 0.1) is 16.8 Å². The number of nitrogens with one attached hydrogen (secondary N) is 1. The monoisotopic (exact) mass is 437 g/mol. The van der Waals surface area contributed by atoms with Gasteiger partial charge in [0.25, 0.3) is 5.91 Å². The maximum Gasteiger partial charge on any atom is 0.272 e. The smallest absolute Gasteiger partial charge is 0.272 e. The largest absolute Gasteiger partial charge is 0.455 e. The van der Waals surface area contributed by atoms with E-state index in [9.17, 15) is 4.79 Å². The number of hydrogen-bond acceptors (Lipinski definition) is 4. The minimum atomic E-state index is -0.380. The number of carbonyl (C=O) groups excluding carboxylic acids is 1. The molecule has 0 aliphatic carbocycles. The Hall–Kier alpha value is -2.15. The molecule has 25 heavy (non-hydrogen) atoms. The predicted molar refractivity (Wildman–Crippen MR) is 101 cm³/mol. The van der Waals surface area contributed by atoms with E-state index in [4.69, 9.17) is 27.6 Å². The van der Waals surface area contributed by atoms with E-state index in [1.165, 1.54) is 12.4 Å². The molecule has 3 rings (SSSR count). The number of pyridine rings is 1. The molecule has 2 heterocycles. The number of halogens is 3. The van der Waals surface area contributed by atoms with Crippen molar-refractivity contribution in [2.75, 3.05) is 0 Å². The average molecular weight is 439 g/mol. The molecule has 1 amide bonds. The van der Waals surface area contributed by atoms with E-state index >= 15 is 0 Å². The standard InChI is InChI=1S/C17H10BrCl2N3O2/c18-11-5-10(7-21-8-11)17(24)23-22-9-13-2-4-16(25-13)14-6-12(19)1-3-15(14)20/h1-9H,(H,23,24)/b22-9+. The molecule has 0 atom stereocenters. The van der Waals surface area contributed by atoms with Crippen LogP contribution in [0.5, 0.6) is 0 Å². The van der Waals surface area contributed by atoms with Crippen LogP contribution in [0.1, 0.15) is 16.1 Å². The number of amides is 1. The number of furan rings is 1. The molecule has 8 heteroatoms. The van der Waals surface area contributed by atoms with Crippen molar-refractivity contribution in [1.82, 2.24) is 10.4 Å². The lowest BCUT2D eigenvalue weighted by Crippen LogP contribution is -2.17. The Bertz CT molecular complexity index is 957. The van der Waals surface area contributed by atoms with Crippen molar-refractivity contribution >= 4 is 51.3 Å². The van der Waals surface area contributed by atoms with Crippen LogP contribution in [0.15, 0.2) is 62.8 Å². The fourth-order valence-corrected chi connectivity index (χ4v) is 2.76. The van der Waals surface area contributed by atoms with Gasteiger partial charge in [-0.25, -0.2) is 5.43 Å². The van der Waals surface area contributed by atoms with E-state index in [1.807, 2.05) is 0 Å². The summed E-state index contributed by atoms with van der Waals surface area (Å²) in [7, 11) is 0. The first-order valence-corrected chi connectivity index (χ1v) is 8.57. The van der Waals surface area contributed by atoms with E-state index in [0.717, 1.165) is 0 Å². The van der Waals surface area contributed by atoms with Gasteiger partial charge in [-0.2, -0.15) is 5.10 Å². The van der Waals surface area contributed by atoms with E-state index in [1.54, 1.807) is 42.6 Å². The number of nitrogens with zero attached hydrogens (tertiary/aromatic N) is 2. The number of rotatable bonds is 4. The minimum Gasteiger partial charge on any atom is -0.455 e. The summed E-state index contributed by atoms with van der Waals surface area (Å²) in [5.41, 5.74) is 3.47. The normalized spacial score (nSPS) is 11.0. The summed E-state index contributed by atoms with van der Waals surface area (Å²) in [5.74, 6) is 0.630. The van der Waals surface area contributed by atoms with Gasteiger partial charge in [-0.1, -0.05) is 23.2 Å². The lowest BCUT2D eigenvalue weighted by molar-refractivity contribution is 0.0954. The van der Waals surface area contributed by atoms with Crippen LogP contribution < -0.4 is 5.43 Å². The van der Waals surface area contributed by atoms with Crippen molar-refractivity contribution < 1.29 is 9.21 Å². The molecule has 0 saturated heterocycles. The Kier molecular flexibility index (Phi) is 5.53. The third kappa shape index (κ3) is 4.48. The predicted octanol–water partition coefficient (Wildman–Crippen LogP) is 5.17. The van der Waals surface area contributed by atoms with Crippen molar-refractivity contribution in [1.29, 1.82) is 0 Å². The van der Waals surface area contributed by atoms with Crippen LogP contribution in [0, 0.1) is 0 Å². The van der Waals surface area contributed by atoms with Gasteiger partial charge in [0, 0.05) is 27.5 Å². The van der Waals surface area contributed by atoms with Crippen LogP contribution in [0.2, 0.25) is 10.0 Å². The fourth-order valence-electron chi connectivity index (χ4n) is 2.01. The third-order valence-corrected chi connectivity index (χ3v) is 4.14. The Labute approximate surface area is 161 Å². The molecule has 0 radical (unpaired) electrons. The topological polar surface area (TPSA) is 67.5 Å². The molecule has 0 aliphatic heterocycles. The van der Waals surface area contributed by atoms with E-state index < -0.39 is 0 Å². The molecular formula is C17H10BrCl2N3O2. The number of hydrogen-bond donors (Lipinski definition) is 1. The highest BCUT2D eigenvalue weighted by atomic mass is 79.9. The third-order valence-electron chi connectivity index (χ3n) is 3.15. The van der Waals surface area contributed by atoms with Crippen molar-refractivity contribution in [2.45, 2.75) is 0 Å². The highest BCUT2D eigenvalue weighted by Gasteiger charge is 2.09. The number of aromatic nitrogens is 1. The Morgan fingerprint density at radius 3 is 2.84 bits per heavy atom. The maximum atomic E-state index is 11.9. The van der Waals surface area contributed by atoms with Gasteiger partial charge in [-0.15, -0.1) is 0 Å². The molecule has 1 N–H and O–H groups in total. The SMILES string of the molecule is O=C(N/N=C/c1ccc(-c2cc(Cl)ccc2Cl)o1)c1cncc(Br)c1. The van der Waals surface area contributed by atoms with E-state index in [0.29, 0.717) is 37.2 Å². The zero-order valence-corrected chi connectivity index (χ0v) is 15.6. The van der Waals surface area contributed by atoms with Gasteiger partial charge in [0.15, 0.2) is 0 Å². The van der Waals surface area contributed by atoms with Crippen LogP contribution in [-0.4, -0.2) is 17.1 Å². The number of hydrazone groups is 1.